The summed E-state index contributed by atoms with van der Waals surface area (Å²) in [5, 5.41) is 0. The maximum Gasteiger partial charge on any atom is 0.263 e. The number of rotatable bonds is 6. The van der Waals surface area contributed by atoms with Crippen LogP contribution in [0.25, 0.3) is 0 Å². The van der Waals surface area contributed by atoms with Crippen molar-refractivity contribution in [2.75, 3.05) is 20.0 Å². The van der Waals surface area contributed by atoms with Crippen molar-refractivity contribution >= 4 is 15.6 Å². The molecule has 2 atom stereocenters. The number of halogens is 1. The van der Waals surface area contributed by atoms with Gasteiger partial charge in [-0.1, -0.05) is 6.08 Å². The SMILES string of the molecule is C=CC(C)(CCOC)C(=O)N=S(C)(=O)c1ccc(F)cc1. The number of hydrogen-bond donors (Lipinski definition) is 0. The van der Waals surface area contributed by atoms with Crippen LogP contribution in [0.2, 0.25) is 0 Å². The summed E-state index contributed by atoms with van der Waals surface area (Å²) in [5.74, 6) is -0.956. The van der Waals surface area contributed by atoms with Gasteiger partial charge in [0.1, 0.15) is 5.82 Å². The largest absolute Gasteiger partial charge is 0.385 e. The molecule has 0 saturated carbocycles. The second kappa shape index (κ2) is 6.95. The normalized spacial score (nSPS) is 16.6. The number of amides is 1. The van der Waals surface area contributed by atoms with Gasteiger partial charge in [0.05, 0.1) is 15.1 Å². The molecule has 0 saturated heterocycles. The Balaban J connectivity index is 3.14. The fourth-order valence-electron chi connectivity index (χ4n) is 1.61. The van der Waals surface area contributed by atoms with Crippen LogP contribution in [0.3, 0.4) is 0 Å². The third kappa shape index (κ3) is 4.47. The molecule has 0 aliphatic rings. The van der Waals surface area contributed by atoms with E-state index in [2.05, 4.69) is 10.9 Å². The molecular weight excluding hydrogens is 293 g/mol. The minimum atomic E-state index is -2.92. The van der Waals surface area contributed by atoms with Crippen LogP contribution in [0.5, 0.6) is 0 Å². The second-order valence-corrected chi connectivity index (χ2v) is 7.28. The zero-order chi connectivity index (χ0) is 16.1. The summed E-state index contributed by atoms with van der Waals surface area (Å²) in [6.07, 6.45) is 3.24. The van der Waals surface area contributed by atoms with Crippen molar-refractivity contribution in [2.24, 2.45) is 9.78 Å². The lowest BCUT2D eigenvalue weighted by Gasteiger charge is -2.21. The zero-order valence-electron chi connectivity index (χ0n) is 12.5. The van der Waals surface area contributed by atoms with Gasteiger partial charge in [-0.2, -0.15) is 4.36 Å². The van der Waals surface area contributed by atoms with Crippen LogP contribution in [-0.4, -0.2) is 30.1 Å². The first-order valence-corrected chi connectivity index (χ1v) is 8.32. The predicted molar refractivity (Wildman–Crippen MR) is 81.0 cm³/mol. The molecule has 0 N–H and O–H groups in total. The van der Waals surface area contributed by atoms with Crippen molar-refractivity contribution in [3.63, 3.8) is 0 Å². The van der Waals surface area contributed by atoms with E-state index in [4.69, 9.17) is 4.74 Å². The van der Waals surface area contributed by atoms with Gasteiger partial charge in [0, 0.05) is 24.9 Å². The maximum atomic E-state index is 12.9. The van der Waals surface area contributed by atoms with Gasteiger partial charge < -0.3 is 4.74 Å². The molecular formula is C15H20FNO3S. The topological polar surface area (TPSA) is 55.7 Å². The quantitative estimate of drug-likeness (QED) is 0.759. The summed E-state index contributed by atoms with van der Waals surface area (Å²) in [6.45, 7) is 5.68. The molecule has 0 aliphatic heterocycles. The molecule has 1 amide bonds. The van der Waals surface area contributed by atoms with Crippen molar-refractivity contribution < 1.29 is 18.1 Å². The Kier molecular flexibility index (Phi) is 5.80. The molecule has 6 heteroatoms. The van der Waals surface area contributed by atoms with Crippen LogP contribution in [0.15, 0.2) is 46.2 Å². The van der Waals surface area contributed by atoms with Crippen molar-refractivity contribution in [3.05, 3.63) is 42.7 Å². The number of methoxy groups -OCH3 is 1. The van der Waals surface area contributed by atoms with E-state index in [0.717, 1.165) is 0 Å². The van der Waals surface area contributed by atoms with Gasteiger partial charge in [-0.3, -0.25) is 4.79 Å². The fourth-order valence-corrected chi connectivity index (χ4v) is 2.88. The van der Waals surface area contributed by atoms with Gasteiger partial charge in [0.25, 0.3) is 5.91 Å². The van der Waals surface area contributed by atoms with E-state index < -0.39 is 26.9 Å². The molecule has 2 unspecified atom stereocenters. The fraction of sp³-hybridized carbons (Fsp3) is 0.400. The molecule has 1 rings (SSSR count). The first kappa shape index (κ1) is 17.5. The van der Waals surface area contributed by atoms with Crippen LogP contribution in [-0.2, 0) is 19.3 Å². The lowest BCUT2D eigenvalue weighted by Crippen LogP contribution is -2.26. The van der Waals surface area contributed by atoms with Gasteiger partial charge in [-0.05, 0) is 37.6 Å². The molecule has 0 radical (unpaired) electrons. The maximum absolute atomic E-state index is 12.9. The highest BCUT2D eigenvalue weighted by molar-refractivity contribution is 7.93. The minimum absolute atomic E-state index is 0.315. The van der Waals surface area contributed by atoms with E-state index in [9.17, 15) is 13.4 Å². The molecule has 21 heavy (non-hydrogen) atoms. The molecule has 0 bridgehead atoms. The van der Waals surface area contributed by atoms with Gasteiger partial charge in [-0.15, -0.1) is 6.58 Å². The van der Waals surface area contributed by atoms with Crippen molar-refractivity contribution in [1.82, 2.24) is 0 Å². The summed E-state index contributed by atoms with van der Waals surface area (Å²) in [7, 11) is -1.39. The van der Waals surface area contributed by atoms with E-state index in [1.165, 1.54) is 43.7 Å². The average molecular weight is 313 g/mol. The Labute approximate surface area is 125 Å². The number of nitrogens with zero attached hydrogens (tertiary/aromatic N) is 1. The third-order valence-corrected chi connectivity index (χ3v) is 4.93. The lowest BCUT2D eigenvalue weighted by atomic mass is 9.87. The van der Waals surface area contributed by atoms with Crippen LogP contribution in [0.4, 0.5) is 4.39 Å². The smallest absolute Gasteiger partial charge is 0.263 e. The predicted octanol–water partition coefficient (Wildman–Crippen LogP) is 3.04. The van der Waals surface area contributed by atoms with Crippen molar-refractivity contribution in [1.29, 1.82) is 0 Å². The summed E-state index contributed by atoms with van der Waals surface area (Å²) >= 11 is 0. The number of benzene rings is 1. The molecule has 0 spiro atoms. The van der Waals surface area contributed by atoms with Gasteiger partial charge >= 0.3 is 0 Å². The van der Waals surface area contributed by atoms with E-state index in [0.29, 0.717) is 17.9 Å². The Morgan fingerprint density at radius 1 is 1.48 bits per heavy atom. The standard InChI is InChI=1S/C15H20FNO3S/c1-5-15(2,10-11-20-3)14(18)17-21(4,19)13-8-6-12(16)7-9-13/h5-9H,1,10-11H2,2-4H3. The molecule has 1 aromatic rings. The molecule has 0 heterocycles. The summed E-state index contributed by atoms with van der Waals surface area (Å²) in [6, 6.07) is 5.12. The van der Waals surface area contributed by atoms with Crippen LogP contribution < -0.4 is 0 Å². The first-order valence-electron chi connectivity index (χ1n) is 6.40. The second-order valence-electron chi connectivity index (χ2n) is 5.02. The van der Waals surface area contributed by atoms with Gasteiger partial charge in [0.2, 0.25) is 0 Å². The number of carbonyl (C=O) groups is 1. The van der Waals surface area contributed by atoms with E-state index >= 15 is 0 Å². The number of carbonyl (C=O) groups excluding carboxylic acids is 1. The highest BCUT2D eigenvalue weighted by Crippen LogP contribution is 2.26. The Morgan fingerprint density at radius 3 is 2.52 bits per heavy atom. The molecule has 0 aromatic heterocycles. The molecule has 1 aromatic carbocycles. The van der Waals surface area contributed by atoms with Crippen LogP contribution in [0.1, 0.15) is 13.3 Å². The van der Waals surface area contributed by atoms with Gasteiger partial charge in [0.15, 0.2) is 0 Å². The number of hydrogen-bond acceptors (Lipinski definition) is 3. The Hall–Kier alpha value is -1.53. The van der Waals surface area contributed by atoms with Crippen molar-refractivity contribution in [2.45, 2.75) is 18.2 Å². The molecule has 0 aliphatic carbocycles. The average Bonchev–Trinajstić information content (AvgIpc) is 2.44. The lowest BCUT2D eigenvalue weighted by molar-refractivity contribution is -0.124. The highest BCUT2D eigenvalue weighted by Gasteiger charge is 2.30. The van der Waals surface area contributed by atoms with Crippen molar-refractivity contribution in [3.8, 4) is 0 Å². The Morgan fingerprint density at radius 2 is 2.05 bits per heavy atom. The summed E-state index contributed by atoms with van der Waals surface area (Å²) < 4.78 is 34.3. The molecule has 0 fully saturated rings. The van der Waals surface area contributed by atoms with E-state index in [-0.39, 0.29) is 0 Å². The van der Waals surface area contributed by atoms with Crippen LogP contribution >= 0.6 is 0 Å². The van der Waals surface area contributed by atoms with Crippen LogP contribution in [0, 0.1) is 11.2 Å². The summed E-state index contributed by atoms with van der Waals surface area (Å²) in [5.41, 5.74) is -0.936. The molecule has 116 valence electrons. The number of ether oxygens (including phenoxy) is 1. The Bertz CT molecular complexity index is 633. The van der Waals surface area contributed by atoms with E-state index in [1.807, 2.05) is 0 Å². The monoisotopic (exact) mass is 313 g/mol. The first-order chi connectivity index (χ1) is 9.75. The third-order valence-electron chi connectivity index (χ3n) is 3.27. The zero-order valence-corrected chi connectivity index (χ0v) is 13.3. The minimum Gasteiger partial charge on any atom is -0.385 e. The molecule has 4 nitrogen and oxygen atoms in total. The summed E-state index contributed by atoms with van der Waals surface area (Å²) in [4.78, 5) is 12.6. The van der Waals surface area contributed by atoms with E-state index in [1.54, 1.807) is 6.92 Å². The highest BCUT2D eigenvalue weighted by atomic mass is 32.2. The van der Waals surface area contributed by atoms with Gasteiger partial charge in [-0.25, -0.2) is 8.60 Å².